The summed E-state index contributed by atoms with van der Waals surface area (Å²) in [6.07, 6.45) is 1.40. The van der Waals surface area contributed by atoms with Crippen molar-refractivity contribution in [3.8, 4) is 0 Å². The molecule has 0 fully saturated rings. The summed E-state index contributed by atoms with van der Waals surface area (Å²) in [6.45, 7) is 2.01. The van der Waals surface area contributed by atoms with E-state index in [0.717, 1.165) is 12.0 Å². The number of amides is 3. The highest BCUT2D eigenvalue weighted by molar-refractivity contribution is 6.36. The molecular formula is C25H21Cl4N3O3. The second-order valence-corrected chi connectivity index (χ2v) is 9.04. The van der Waals surface area contributed by atoms with Crippen LogP contribution >= 0.6 is 46.4 Å². The fourth-order valence-electron chi connectivity index (χ4n) is 3.41. The van der Waals surface area contributed by atoms with Crippen molar-refractivity contribution in [2.75, 3.05) is 5.32 Å². The first-order valence-corrected chi connectivity index (χ1v) is 12.0. The third-order valence-electron chi connectivity index (χ3n) is 4.97. The Morgan fingerprint density at radius 1 is 0.857 bits per heavy atom. The van der Waals surface area contributed by atoms with E-state index in [-0.39, 0.29) is 15.6 Å². The highest BCUT2D eigenvalue weighted by atomic mass is 35.5. The minimum absolute atomic E-state index is 0.178. The van der Waals surface area contributed by atoms with Gasteiger partial charge in [0.2, 0.25) is 0 Å². The SMILES string of the molecule is CCCC(=C(ON)c1ccc(NC(=O)NC(=O)c2ccccc2Cl)cc1Cl)c1ccc(Cl)cc1Cl. The van der Waals surface area contributed by atoms with Gasteiger partial charge < -0.3 is 10.2 Å². The van der Waals surface area contributed by atoms with Crippen LogP contribution in [0.1, 0.15) is 41.3 Å². The first kappa shape index (κ1) is 26.9. The Morgan fingerprint density at radius 3 is 2.17 bits per heavy atom. The van der Waals surface area contributed by atoms with E-state index in [1.54, 1.807) is 48.5 Å². The largest absolute Gasteiger partial charge is 0.411 e. The number of hydrogen-bond acceptors (Lipinski definition) is 4. The average Bonchev–Trinajstić information content (AvgIpc) is 2.80. The number of carbonyl (C=O) groups is 2. The number of carbonyl (C=O) groups excluding carboxylic acids is 2. The molecule has 0 saturated carbocycles. The summed E-state index contributed by atoms with van der Waals surface area (Å²) < 4.78 is 0. The molecule has 0 heterocycles. The Balaban J connectivity index is 1.86. The van der Waals surface area contributed by atoms with E-state index in [0.29, 0.717) is 39.0 Å². The Bertz CT molecular complexity index is 1290. The van der Waals surface area contributed by atoms with Gasteiger partial charge in [0.05, 0.1) is 15.6 Å². The molecule has 3 aromatic rings. The first-order chi connectivity index (χ1) is 16.7. The van der Waals surface area contributed by atoms with E-state index in [2.05, 4.69) is 10.6 Å². The normalized spacial score (nSPS) is 11.5. The maximum atomic E-state index is 12.3. The van der Waals surface area contributed by atoms with Gasteiger partial charge in [0.1, 0.15) is 0 Å². The maximum absolute atomic E-state index is 12.3. The van der Waals surface area contributed by atoms with Crippen molar-refractivity contribution in [2.24, 2.45) is 5.90 Å². The Morgan fingerprint density at radius 2 is 1.54 bits per heavy atom. The Labute approximate surface area is 222 Å². The van der Waals surface area contributed by atoms with Crippen molar-refractivity contribution in [2.45, 2.75) is 19.8 Å². The molecule has 0 bridgehead atoms. The fraction of sp³-hybridized carbons (Fsp3) is 0.120. The molecule has 10 heteroatoms. The molecule has 6 nitrogen and oxygen atoms in total. The fourth-order valence-corrected chi connectivity index (χ4v) is 4.42. The van der Waals surface area contributed by atoms with Gasteiger partial charge in [0.15, 0.2) is 5.76 Å². The second kappa shape index (κ2) is 12.3. The average molecular weight is 553 g/mol. The van der Waals surface area contributed by atoms with Crippen LogP contribution in [0.4, 0.5) is 10.5 Å². The van der Waals surface area contributed by atoms with Crippen molar-refractivity contribution < 1.29 is 14.4 Å². The summed E-state index contributed by atoms with van der Waals surface area (Å²) in [6, 6.07) is 15.6. The summed E-state index contributed by atoms with van der Waals surface area (Å²) in [5, 5.41) is 6.24. The number of urea groups is 1. The highest BCUT2D eigenvalue weighted by Gasteiger charge is 2.19. The van der Waals surface area contributed by atoms with Crippen LogP contribution < -0.4 is 16.5 Å². The molecule has 3 amide bonds. The summed E-state index contributed by atoms with van der Waals surface area (Å²) in [5.41, 5.74) is 2.50. The van der Waals surface area contributed by atoms with Crippen LogP contribution in [0.2, 0.25) is 20.1 Å². The molecule has 0 spiro atoms. The minimum Gasteiger partial charge on any atom is -0.411 e. The van der Waals surface area contributed by atoms with Gasteiger partial charge in [-0.25, -0.2) is 4.79 Å². The maximum Gasteiger partial charge on any atom is 0.326 e. The molecule has 0 saturated heterocycles. The predicted octanol–water partition coefficient (Wildman–Crippen LogP) is 7.82. The lowest BCUT2D eigenvalue weighted by molar-refractivity contribution is 0.0967. The molecule has 0 aliphatic rings. The third-order valence-corrected chi connectivity index (χ3v) is 6.16. The topological polar surface area (TPSA) is 93.4 Å². The van der Waals surface area contributed by atoms with Gasteiger partial charge in [-0.2, -0.15) is 5.90 Å². The van der Waals surface area contributed by atoms with E-state index < -0.39 is 11.9 Å². The number of halogens is 4. The van der Waals surface area contributed by atoms with Gasteiger partial charge in [0.25, 0.3) is 5.91 Å². The standard InChI is InChI=1S/C25H21Cl4N3O3/c1-2-5-17(16-10-8-14(26)12-21(16)28)23(35-30)18-11-9-15(13-22(18)29)31-25(34)32-24(33)19-6-3-4-7-20(19)27/h3-4,6-13H,2,5,30H2,1H3,(H2,31,32,33,34). The molecule has 3 aromatic carbocycles. The number of rotatable bonds is 7. The second-order valence-electron chi connectivity index (χ2n) is 7.38. The molecule has 4 N–H and O–H groups in total. The van der Waals surface area contributed by atoms with Crippen molar-refractivity contribution in [1.82, 2.24) is 5.32 Å². The van der Waals surface area contributed by atoms with E-state index in [1.165, 1.54) is 12.1 Å². The van der Waals surface area contributed by atoms with Gasteiger partial charge in [0, 0.05) is 32.4 Å². The van der Waals surface area contributed by atoms with Gasteiger partial charge >= 0.3 is 6.03 Å². The molecule has 3 rings (SSSR count). The van der Waals surface area contributed by atoms with Gasteiger partial charge in [-0.3, -0.25) is 10.1 Å². The smallest absolute Gasteiger partial charge is 0.326 e. The van der Waals surface area contributed by atoms with Crippen LogP contribution in [-0.4, -0.2) is 11.9 Å². The molecular weight excluding hydrogens is 532 g/mol. The number of nitrogens with two attached hydrogens (primary N) is 1. The molecule has 0 unspecified atom stereocenters. The lowest BCUT2D eigenvalue weighted by Crippen LogP contribution is -2.34. The zero-order valence-corrected chi connectivity index (χ0v) is 21.5. The van der Waals surface area contributed by atoms with Crippen LogP contribution in [0.3, 0.4) is 0 Å². The lowest BCUT2D eigenvalue weighted by atomic mass is 9.96. The van der Waals surface area contributed by atoms with Crippen LogP contribution in [0, 0.1) is 0 Å². The Hall–Kier alpha value is -2.74. The minimum atomic E-state index is -0.746. The van der Waals surface area contributed by atoms with E-state index in [1.807, 2.05) is 6.92 Å². The summed E-state index contributed by atoms with van der Waals surface area (Å²) in [7, 11) is 0. The molecule has 0 radical (unpaired) electrons. The number of nitrogens with one attached hydrogen (secondary N) is 2. The number of hydrogen-bond donors (Lipinski definition) is 3. The molecule has 0 aliphatic carbocycles. The number of imide groups is 1. The van der Waals surface area contributed by atoms with E-state index >= 15 is 0 Å². The zero-order chi connectivity index (χ0) is 25.5. The van der Waals surface area contributed by atoms with Crippen LogP contribution in [0.15, 0.2) is 60.7 Å². The molecule has 182 valence electrons. The van der Waals surface area contributed by atoms with Gasteiger partial charge in [-0.05, 0) is 48.9 Å². The highest BCUT2D eigenvalue weighted by Crippen LogP contribution is 2.38. The van der Waals surface area contributed by atoms with E-state index in [4.69, 9.17) is 57.1 Å². The third kappa shape index (κ3) is 6.69. The summed E-state index contributed by atoms with van der Waals surface area (Å²) >= 11 is 25.0. The van der Waals surface area contributed by atoms with Crippen molar-refractivity contribution in [3.63, 3.8) is 0 Å². The van der Waals surface area contributed by atoms with Crippen molar-refractivity contribution in [3.05, 3.63) is 97.4 Å². The molecule has 0 aliphatic heterocycles. The van der Waals surface area contributed by atoms with Crippen molar-refractivity contribution in [1.29, 1.82) is 0 Å². The Kier molecular flexibility index (Phi) is 9.43. The molecule has 35 heavy (non-hydrogen) atoms. The molecule has 0 aromatic heterocycles. The monoisotopic (exact) mass is 551 g/mol. The predicted molar refractivity (Wildman–Crippen MR) is 143 cm³/mol. The van der Waals surface area contributed by atoms with Crippen molar-refractivity contribution >= 4 is 75.4 Å². The van der Waals surface area contributed by atoms with Gasteiger partial charge in [-0.15, -0.1) is 0 Å². The summed E-state index contributed by atoms with van der Waals surface area (Å²) in [4.78, 5) is 29.9. The zero-order valence-electron chi connectivity index (χ0n) is 18.5. The number of benzene rings is 3. The first-order valence-electron chi connectivity index (χ1n) is 10.5. The number of anilines is 1. The van der Waals surface area contributed by atoms with Gasteiger partial charge in [-0.1, -0.05) is 77.9 Å². The van der Waals surface area contributed by atoms with E-state index in [9.17, 15) is 9.59 Å². The van der Waals surface area contributed by atoms with Crippen LogP contribution in [0.5, 0.6) is 0 Å². The lowest BCUT2D eigenvalue weighted by Gasteiger charge is -2.17. The number of allylic oxidation sites excluding steroid dienone is 1. The molecule has 0 atom stereocenters. The van der Waals surface area contributed by atoms with Crippen LogP contribution in [-0.2, 0) is 4.84 Å². The quantitative estimate of drug-likeness (QED) is 0.158. The van der Waals surface area contributed by atoms with Crippen LogP contribution in [0.25, 0.3) is 11.3 Å². The summed E-state index contributed by atoms with van der Waals surface area (Å²) in [5.74, 6) is 5.35.